The summed E-state index contributed by atoms with van der Waals surface area (Å²) in [7, 11) is 1.44. The summed E-state index contributed by atoms with van der Waals surface area (Å²) in [4.78, 5) is 17.5. The summed E-state index contributed by atoms with van der Waals surface area (Å²) >= 11 is 14.5. The predicted octanol–water partition coefficient (Wildman–Crippen LogP) is 5.39. The molecule has 0 heterocycles. The lowest BCUT2D eigenvalue weighted by Crippen LogP contribution is -2.25. The average molecular weight is 447 g/mol. The van der Waals surface area contributed by atoms with Crippen LogP contribution in [0, 0.1) is 0 Å². The number of carbonyl (C=O) groups excluding carboxylic acids is 1. The molecule has 1 amide bonds. The van der Waals surface area contributed by atoms with Crippen molar-refractivity contribution in [3.05, 3.63) is 58.1 Å². The van der Waals surface area contributed by atoms with Crippen LogP contribution in [0.3, 0.4) is 0 Å². The van der Waals surface area contributed by atoms with Crippen LogP contribution in [0.1, 0.15) is 12.0 Å². The molecule has 0 aliphatic carbocycles. The van der Waals surface area contributed by atoms with Crippen molar-refractivity contribution in [1.82, 2.24) is 5.32 Å². The third-order valence-corrected chi connectivity index (χ3v) is 5.70. The van der Waals surface area contributed by atoms with Gasteiger partial charge in [0.25, 0.3) is 0 Å². The van der Waals surface area contributed by atoms with E-state index in [-0.39, 0.29) is 5.91 Å². The second-order valence-electron chi connectivity index (χ2n) is 5.39. The minimum Gasteiger partial charge on any atom is -0.355 e. The summed E-state index contributed by atoms with van der Waals surface area (Å²) in [5, 5.41) is 4.01. The van der Waals surface area contributed by atoms with Gasteiger partial charge in [-0.15, -0.1) is 16.1 Å². The molecule has 0 saturated heterocycles. The molecule has 5 nitrogen and oxygen atoms in total. The molecule has 2 aromatic rings. The van der Waals surface area contributed by atoms with E-state index in [9.17, 15) is 4.79 Å². The third-order valence-electron chi connectivity index (χ3n) is 3.44. The van der Waals surface area contributed by atoms with E-state index in [1.165, 1.54) is 7.11 Å². The first kappa shape index (κ1) is 22.2. The molecule has 27 heavy (non-hydrogen) atoms. The first-order valence-electron chi connectivity index (χ1n) is 8.14. The monoisotopic (exact) mass is 446 g/mol. The fraction of sp³-hybridized carbons (Fsp3) is 0.278. The average Bonchev–Trinajstić information content (AvgIpc) is 2.67. The van der Waals surface area contributed by atoms with Crippen molar-refractivity contribution in [2.45, 2.75) is 17.7 Å². The molecule has 0 unspecified atom stereocenters. The number of hydrogen-bond donors (Lipinski definition) is 2. The van der Waals surface area contributed by atoms with Crippen molar-refractivity contribution in [3.8, 4) is 0 Å². The molecule has 2 N–H and O–H groups in total. The van der Waals surface area contributed by atoms with Gasteiger partial charge < -0.3 is 10.0 Å². The number of benzene rings is 2. The van der Waals surface area contributed by atoms with Crippen molar-refractivity contribution in [1.29, 1.82) is 0 Å². The van der Waals surface area contributed by atoms with Crippen LogP contribution in [0.2, 0.25) is 10.0 Å². The summed E-state index contributed by atoms with van der Waals surface area (Å²) in [6.45, 7) is 0.601. The van der Waals surface area contributed by atoms with Crippen LogP contribution in [0.15, 0.2) is 47.4 Å². The van der Waals surface area contributed by atoms with Gasteiger partial charge in [0, 0.05) is 29.3 Å². The Morgan fingerprint density at radius 3 is 2.59 bits per heavy atom. The fourth-order valence-electron chi connectivity index (χ4n) is 2.11. The molecule has 0 fully saturated rings. The van der Waals surface area contributed by atoms with Crippen molar-refractivity contribution in [2.75, 3.05) is 24.1 Å². The zero-order chi connectivity index (χ0) is 19.5. The van der Waals surface area contributed by atoms with Gasteiger partial charge in [0.2, 0.25) is 5.91 Å². The number of nitrogens with one attached hydrogen (secondary N) is 2. The number of thioether (sulfide) groups is 1. The van der Waals surface area contributed by atoms with Gasteiger partial charge in [-0.25, -0.2) is 4.89 Å². The number of anilines is 1. The van der Waals surface area contributed by atoms with Crippen LogP contribution in [0.5, 0.6) is 0 Å². The molecule has 2 rings (SSSR count). The number of rotatable bonds is 11. The van der Waals surface area contributed by atoms with Crippen molar-refractivity contribution in [2.24, 2.45) is 0 Å². The smallest absolute Gasteiger partial charge is 0.220 e. The summed E-state index contributed by atoms with van der Waals surface area (Å²) < 4.78 is 7.64. The van der Waals surface area contributed by atoms with Gasteiger partial charge in [-0.1, -0.05) is 35.3 Å². The zero-order valence-corrected chi connectivity index (χ0v) is 17.8. The van der Waals surface area contributed by atoms with Gasteiger partial charge in [-0.05, 0) is 42.3 Å². The van der Waals surface area contributed by atoms with Crippen LogP contribution < -0.4 is 10.0 Å². The van der Waals surface area contributed by atoms with E-state index >= 15 is 0 Å². The minimum atomic E-state index is 0.0380. The summed E-state index contributed by atoms with van der Waals surface area (Å²) in [5.74, 6) is 0.807. The van der Waals surface area contributed by atoms with Gasteiger partial charge in [-0.3, -0.25) is 4.79 Å². The molecule has 0 atom stereocenters. The van der Waals surface area contributed by atoms with E-state index in [0.717, 1.165) is 34.1 Å². The van der Waals surface area contributed by atoms with Gasteiger partial charge in [0.1, 0.15) is 12.2 Å². The van der Waals surface area contributed by atoms with Gasteiger partial charge in [-0.2, -0.15) is 0 Å². The second-order valence-corrected chi connectivity index (χ2v) is 7.88. The highest BCUT2D eigenvalue weighted by Gasteiger charge is 2.04. The van der Waals surface area contributed by atoms with Crippen molar-refractivity contribution in [3.63, 3.8) is 0 Å². The molecule has 2 aromatic carbocycles. The molecular formula is C18H20Cl2N2O3S2. The number of halogens is 2. The molecule has 0 bridgehead atoms. The van der Waals surface area contributed by atoms with Crippen molar-refractivity contribution >= 4 is 58.8 Å². The lowest BCUT2D eigenvalue weighted by atomic mass is 10.1. The number of amides is 1. The summed E-state index contributed by atoms with van der Waals surface area (Å²) in [6, 6.07) is 13.3. The molecule has 0 aliphatic rings. The molecular weight excluding hydrogens is 427 g/mol. The molecule has 0 saturated carbocycles. The zero-order valence-electron chi connectivity index (χ0n) is 14.7. The number of carbonyl (C=O) groups is 1. The first-order valence-corrected chi connectivity index (χ1v) is 10.6. The van der Waals surface area contributed by atoms with E-state index in [2.05, 4.69) is 19.3 Å². The lowest BCUT2D eigenvalue weighted by Gasteiger charge is -2.07. The van der Waals surface area contributed by atoms with Crippen LogP contribution in [-0.4, -0.2) is 25.3 Å². The standard InChI is InChI=1S/C18H20Cl2N2O3S2/c1-24-25-27-22-14-5-2-13(3-6-14)4-9-18(23)21-10-11-26-15-7-8-16(19)17(20)12-15/h2-3,5-8,12,22H,4,9-11H2,1H3,(H,21,23). The summed E-state index contributed by atoms with van der Waals surface area (Å²) in [5.41, 5.74) is 1.99. The Hall–Kier alpha value is -1.09. The molecule has 0 spiro atoms. The first-order chi connectivity index (χ1) is 13.1. The van der Waals surface area contributed by atoms with Crippen LogP contribution >= 0.6 is 47.2 Å². The molecule has 0 radical (unpaired) electrons. The van der Waals surface area contributed by atoms with E-state index in [1.54, 1.807) is 17.8 Å². The Morgan fingerprint density at radius 2 is 1.89 bits per heavy atom. The fourth-order valence-corrected chi connectivity index (χ4v) is 3.61. The SMILES string of the molecule is COOSNc1ccc(CCC(=O)NCCSc2ccc(Cl)c(Cl)c2)cc1. The Labute approximate surface area is 177 Å². The van der Waals surface area contributed by atoms with Gasteiger partial charge in [0.15, 0.2) is 0 Å². The maximum atomic E-state index is 12.0. The maximum Gasteiger partial charge on any atom is 0.220 e. The summed E-state index contributed by atoms with van der Waals surface area (Å²) in [6.07, 6.45) is 1.14. The minimum absolute atomic E-state index is 0.0380. The Kier molecular flexibility index (Phi) is 10.2. The Balaban J connectivity index is 1.62. The van der Waals surface area contributed by atoms with E-state index in [0.29, 0.717) is 29.4 Å². The third kappa shape index (κ3) is 8.64. The normalized spacial score (nSPS) is 10.6. The molecule has 146 valence electrons. The topological polar surface area (TPSA) is 59.6 Å². The van der Waals surface area contributed by atoms with Gasteiger partial charge >= 0.3 is 0 Å². The highest BCUT2D eigenvalue weighted by atomic mass is 35.5. The Morgan fingerprint density at radius 1 is 1.11 bits per heavy atom. The predicted molar refractivity (Wildman–Crippen MR) is 114 cm³/mol. The van der Waals surface area contributed by atoms with Crippen molar-refractivity contribution < 1.29 is 14.0 Å². The number of hydrogen-bond acceptors (Lipinski definition) is 6. The molecule has 0 aliphatic heterocycles. The molecule has 0 aromatic heterocycles. The second kappa shape index (κ2) is 12.4. The van der Waals surface area contributed by atoms with Crippen LogP contribution in [0.25, 0.3) is 0 Å². The van der Waals surface area contributed by atoms with E-state index < -0.39 is 0 Å². The highest BCUT2D eigenvalue weighted by Crippen LogP contribution is 2.27. The number of aryl methyl sites for hydroxylation is 1. The quantitative estimate of drug-likeness (QED) is 0.120. The Bertz CT molecular complexity index is 733. The van der Waals surface area contributed by atoms with E-state index in [4.69, 9.17) is 23.2 Å². The largest absolute Gasteiger partial charge is 0.355 e. The van der Waals surface area contributed by atoms with Crippen LogP contribution in [0.4, 0.5) is 5.69 Å². The van der Waals surface area contributed by atoms with Gasteiger partial charge in [0.05, 0.1) is 17.2 Å². The lowest BCUT2D eigenvalue weighted by molar-refractivity contribution is -0.159. The van der Waals surface area contributed by atoms with Crippen LogP contribution in [-0.2, 0) is 20.4 Å². The van der Waals surface area contributed by atoms with E-state index in [1.807, 2.05) is 36.4 Å². The highest BCUT2D eigenvalue weighted by molar-refractivity contribution is 7.99. The molecule has 9 heteroatoms. The maximum absolute atomic E-state index is 12.0.